The van der Waals surface area contributed by atoms with Crippen molar-refractivity contribution in [2.75, 3.05) is 6.54 Å². The Hall–Kier alpha value is -3.09. The van der Waals surface area contributed by atoms with Crippen LogP contribution in [0, 0.1) is 0 Å². The van der Waals surface area contributed by atoms with Crippen molar-refractivity contribution in [3.05, 3.63) is 54.6 Å². The number of nitrogens with one attached hydrogen (secondary N) is 2. The first-order valence-electron chi connectivity index (χ1n) is 11.4. The molecule has 0 aromatic heterocycles. The van der Waals surface area contributed by atoms with Crippen LogP contribution in [0.3, 0.4) is 0 Å². The standard InChI is InChI=1S/C26H39N3O4/c1-9-13-18(4)27-23(30)22(21-15-12-14-20(11-3)17-21)29(16-10-2)24(31)19(5)28-25(32)33-26(6,7)8/h10-12,14-15,17-19,22H,2-3,9,13,16H2,1,4-8H3,(H,27,30)(H,28,32). The third-order valence-electron chi connectivity index (χ3n) is 4.85. The van der Waals surface area contributed by atoms with Crippen LogP contribution in [0.1, 0.15) is 71.6 Å². The summed E-state index contributed by atoms with van der Waals surface area (Å²) in [5, 5.41) is 5.59. The van der Waals surface area contributed by atoms with Gasteiger partial charge in [-0.25, -0.2) is 4.79 Å². The minimum absolute atomic E-state index is 0.0504. The number of ether oxygens (including phenoxy) is 1. The summed E-state index contributed by atoms with van der Waals surface area (Å²) >= 11 is 0. The Labute approximate surface area is 198 Å². The monoisotopic (exact) mass is 457 g/mol. The predicted molar refractivity (Wildman–Crippen MR) is 133 cm³/mol. The molecule has 0 heterocycles. The Bertz CT molecular complexity index is 844. The number of hydrogen-bond acceptors (Lipinski definition) is 4. The number of benzene rings is 1. The second-order valence-corrected chi connectivity index (χ2v) is 9.12. The zero-order valence-electron chi connectivity index (χ0n) is 20.8. The second-order valence-electron chi connectivity index (χ2n) is 9.12. The third-order valence-corrected chi connectivity index (χ3v) is 4.85. The first-order valence-corrected chi connectivity index (χ1v) is 11.4. The highest BCUT2D eigenvalue weighted by molar-refractivity contribution is 5.92. The largest absolute Gasteiger partial charge is 0.444 e. The first kappa shape index (κ1) is 27.9. The van der Waals surface area contributed by atoms with E-state index in [0.29, 0.717) is 5.56 Å². The third kappa shape index (κ3) is 9.12. The number of carbonyl (C=O) groups is 3. The van der Waals surface area contributed by atoms with E-state index in [1.807, 2.05) is 32.0 Å². The molecule has 33 heavy (non-hydrogen) atoms. The van der Waals surface area contributed by atoms with Crippen LogP contribution in [0.4, 0.5) is 4.79 Å². The van der Waals surface area contributed by atoms with Crippen LogP contribution >= 0.6 is 0 Å². The van der Waals surface area contributed by atoms with Gasteiger partial charge >= 0.3 is 6.09 Å². The van der Waals surface area contributed by atoms with Gasteiger partial charge in [0.05, 0.1) is 0 Å². The van der Waals surface area contributed by atoms with Crippen LogP contribution in [-0.4, -0.2) is 47.0 Å². The molecule has 7 heteroatoms. The molecule has 0 aliphatic rings. The number of amides is 3. The summed E-state index contributed by atoms with van der Waals surface area (Å²) in [6, 6.07) is 5.46. The van der Waals surface area contributed by atoms with Crippen molar-refractivity contribution < 1.29 is 19.1 Å². The number of carbonyl (C=O) groups excluding carboxylic acids is 3. The van der Waals surface area contributed by atoms with Gasteiger partial charge in [0.1, 0.15) is 17.7 Å². The van der Waals surface area contributed by atoms with Crippen molar-refractivity contribution in [3.63, 3.8) is 0 Å². The van der Waals surface area contributed by atoms with Crippen LogP contribution in [0.5, 0.6) is 0 Å². The zero-order chi connectivity index (χ0) is 25.2. The summed E-state index contributed by atoms with van der Waals surface area (Å²) in [6.45, 7) is 18.5. The molecule has 0 saturated carbocycles. The molecule has 0 spiro atoms. The van der Waals surface area contributed by atoms with Crippen molar-refractivity contribution in [1.82, 2.24) is 15.5 Å². The Morgan fingerprint density at radius 1 is 1.15 bits per heavy atom. The van der Waals surface area contributed by atoms with Gasteiger partial charge in [0.15, 0.2) is 0 Å². The number of rotatable bonds is 11. The Morgan fingerprint density at radius 3 is 2.36 bits per heavy atom. The van der Waals surface area contributed by atoms with Gasteiger partial charge in [-0.2, -0.15) is 0 Å². The molecule has 182 valence electrons. The maximum atomic E-state index is 13.4. The highest BCUT2D eigenvalue weighted by atomic mass is 16.6. The van der Waals surface area contributed by atoms with Crippen molar-refractivity contribution in [2.45, 2.75) is 78.1 Å². The van der Waals surface area contributed by atoms with Crippen LogP contribution in [0.15, 0.2) is 43.5 Å². The average molecular weight is 458 g/mol. The van der Waals surface area contributed by atoms with E-state index in [4.69, 9.17) is 4.74 Å². The number of hydrogen-bond donors (Lipinski definition) is 2. The quantitative estimate of drug-likeness (QED) is 0.475. The highest BCUT2D eigenvalue weighted by Crippen LogP contribution is 2.24. The van der Waals surface area contributed by atoms with Gasteiger partial charge in [-0.05, 0) is 58.2 Å². The van der Waals surface area contributed by atoms with E-state index in [-0.39, 0.29) is 18.5 Å². The van der Waals surface area contributed by atoms with E-state index >= 15 is 0 Å². The fourth-order valence-corrected chi connectivity index (χ4v) is 3.41. The maximum absolute atomic E-state index is 13.4. The molecule has 0 bridgehead atoms. The molecule has 1 aromatic carbocycles. The smallest absolute Gasteiger partial charge is 0.408 e. The van der Waals surface area contributed by atoms with Gasteiger partial charge in [0.2, 0.25) is 11.8 Å². The molecular weight excluding hydrogens is 418 g/mol. The van der Waals surface area contributed by atoms with E-state index in [0.717, 1.165) is 18.4 Å². The summed E-state index contributed by atoms with van der Waals surface area (Å²) in [5.74, 6) is -0.718. The Morgan fingerprint density at radius 2 is 1.82 bits per heavy atom. The summed E-state index contributed by atoms with van der Waals surface area (Å²) in [6.07, 6.45) is 4.28. The molecule has 3 amide bonds. The molecule has 3 unspecified atom stereocenters. The van der Waals surface area contributed by atoms with E-state index in [1.165, 1.54) is 4.90 Å². The summed E-state index contributed by atoms with van der Waals surface area (Å²) < 4.78 is 5.27. The minimum Gasteiger partial charge on any atom is -0.444 e. The lowest BCUT2D eigenvalue weighted by molar-refractivity contribution is -0.141. The van der Waals surface area contributed by atoms with Gasteiger partial charge in [0.25, 0.3) is 0 Å². The lowest BCUT2D eigenvalue weighted by atomic mass is 10.00. The van der Waals surface area contributed by atoms with Gasteiger partial charge in [0, 0.05) is 12.6 Å². The van der Waals surface area contributed by atoms with Crippen molar-refractivity contribution in [2.24, 2.45) is 0 Å². The molecule has 1 aromatic rings. The Balaban J connectivity index is 3.31. The Kier molecular flexibility index (Phi) is 10.9. The minimum atomic E-state index is -0.911. The fraction of sp³-hybridized carbons (Fsp3) is 0.500. The second kappa shape index (κ2) is 12.8. The molecule has 0 fully saturated rings. The molecule has 2 N–H and O–H groups in total. The molecule has 1 rings (SSSR count). The molecule has 0 aliphatic heterocycles. The van der Waals surface area contributed by atoms with Gasteiger partial charge < -0.3 is 20.3 Å². The van der Waals surface area contributed by atoms with Crippen molar-refractivity contribution in [3.8, 4) is 0 Å². The van der Waals surface area contributed by atoms with Crippen molar-refractivity contribution >= 4 is 24.0 Å². The van der Waals surface area contributed by atoms with Gasteiger partial charge in [-0.15, -0.1) is 6.58 Å². The number of nitrogens with zero attached hydrogens (tertiary/aromatic N) is 1. The topological polar surface area (TPSA) is 87.7 Å². The van der Waals surface area contributed by atoms with E-state index in [9.17, 15) is 14.4 Å². The van der Waals surface area contributed by atoms with Gasteiger partial charge in [-0.1, -0.05) is 50.3 Å². The lowest BCUT2D eigenvalue weighted by Gasteiger charge is -2.33. The highest BCUT2D eigenvalue weighted by Gasteiger charge is 2.34. The number of alkyl carbamates (subject to hydrolysis) is 1. The van der Waals surface area contributed by atoms with Gasteiger partial charge in [-0.3, -0.25) is 9.59 Å². The van der Waals surface area contributed by atoms with Crippen molar-refractivity contribution in [1.29, 1.82) is 0 Å². The fourth-order valence-electron chi connectivity index (χ4n) is 3.41. The first-order chi connectivity index (χ1) is 15.4. The zero-order valence-corrected chi connectivity index (χ0v) is 20.8. The van der Waals surface area contributed by atoms with E-state index in [1.54, 1.807) is 45.9 Å². The molecule has 3 atom stereocenters. The predicted octanol–water partition coefficient (Wildman–Crippen LogP) is 4.60. The van der Waals surface area contributed by atoms with Crippen LogP contribution < -0.4 is 10.6 Å². The molecule has 0 saturated heterocycles. The molecule has 7 nitrogen and oxygen atoms in total. The molecular formula is C26H39N3O4. The van der Waals surface area contributed by atoms with E-state index in [2.05, 4.69) is 23.8 Å². The summed E-state index contributed by atoms with van der Waals surface area (Å²) in [4.78, 5) is 40.5. The molecule has 0 radical (unpaired) electrons. The normalized spacial score (nSPS) is 13.8. The van der Waals surface area contributed by atoms with E-state index < -0.39 is 29.7 Å². The summed E-state index contributed by atoms with van der Waals surface area (Å²) in [5.41, 5.74) is 0.780. The maximum Gasteiger partial charge on any atom is 0.408 e. The van der Waals surface area contributed by atoms with Crippen LogP contribution in [0.2, 0.25) is 0 Å². The molecule has 0 aliphatic carbocycles. The summed E-state index contributed by atoms with van der Waals surface area (Å²) in [7, 11) is 0. The van der Waals surface area contributed by atoms with Crippen LogP contribution in [0.25, 0.3) is 6.08 Å². The SMILES string of the molecule is C=CCN(C(=O)C(C)NC(=O)OC(C)(C)C)C(C(=O)NC(C)CCC)c1cccc(C=C)c1. The van der Waals surface area contributed by atoms with Crippen LogP contribution in [-0.2, 0) is 14.3 Å². The lowest BCUT2D eigenvalue weighted by Crippen LogP contribution is -2.52. The average Bonchev–Trinajstić information content (AvgIpc) is 2.71.